The van der Waals surface area contributed by atoms with Gasteiger partial charge in [-0.15, -0.1) is 11.3 Å². The summed E-state index contributed by atoms with van der Waals surface area (Å²) >= 11 is 4.91. The van der Waals surface area contributed by atoms with E-state index in [-0.39, 0.29) is 11.6 Å². The van der Waals surface area contributed by atoms with Gasteiger partial charge >= 0.3 is 0 Å². The van der Waals surface area contributed by atoms with Crippen molar-refractivity contribution in [1.82, 2.24) is 0 Å². The van der Waals surface area contributed by atoms with Crippen LogP contribution in [0.4, 0.5) is 4.39 Å². The first-order valence-electron chi connectivity index (χ1n) is 5.10. The largest absolute Gasteiger partial charge is 0.294 e. The predicted octanol–water partition coefficient (Wildman–Crippen LogP) is 4.38. The lowest BCUT2D eigenvalue weighted by atomic mass is 10.0. The van der Waals surface area contributed by atoms with Gasteiger partial charge < -0.3 is 0 Å². The molecule has 2 aromatic rings. The first-order chi connectivity index (χ1) is 8.06. The summed E-state index contributed by atoms with van der Waals surface area (Å²) in [7, 11) is 0. The van der Waals surface area contributed by atoms with Gasteiger partial charge in [0.2, 0.25) is 0 Å². The maximum absolute atomic E-state index is 12.7. The standard InChI is InChI=1S/C13H10BrFOS/c1-8-11(7-13(14)17-8)12(16)6-9-2-4-10(15)5-3-9/h2-5,7H,6H2,1H3. The topological polar surface area (TPSA) is 17.1 Å². The molecule has 1 heterocycles. The van der Waals surface area contributed by atoms with Crippen LogP contribution in [0.3, 0.4) is 0 Å². The van der Waals surface area contributed by atoms with Crippen molar-refractivity contribution in [2.45, 2.75) is 13.3 Å². The van der Waals surface area contributed by atoms with Crippen molar-refractivity contribution in [3.05, 3.63) is 55.9 Å². The second-order valence-corrected chi connectivity index (χ2v) is 6.38. The molecule has 0 aliphatic carbocycles. The fraction of sp³-hybridized carbons (Fsp3) is 0.154. The summed E-state index contributed by atoms with van der Waals surface area (Å²) in [5.74, 6) is -0.216. The molecule has 0 bridgehead atoms. The Kier molecular flexibility index (Phi) is 3.74. The van der Waals surface area contributed by atoms with Crippen LogP contribution in [0.15, 0.2) is 34.1 Å². The van der Waals surface area contributed by atoms with E-state index in [9.17, 15) is 9.18 Å². The molecule has 0 saturated carbocycles. The van der Waals surface area contributed by atoms with Crippen molar-refractivity contribution in [2.24, 2.45) is 0 Å². The summed E-state index contributed by atoms with van der Waals surface area (Å²) in [5.41, 5.74) is 1.57. The molecule has 17 heavy (non-hydrogen) atoms. The third-order valence-electron chi connectivity index (χ3n) is 2.47. The Bertz CT molecular complexity index is 545. The molecule has 1 aromatic carbocycles. The molecule has 0 radical (unpaired) electrons. The van der Waals surface area contributed by atoms with Gasteiger partial charge in [-0.2, -0.15) is 0 Å². The number of Topliss-reactive ketones (excluding diaryl/α,β-unsaturated/α-hetero) is 1. The third kappa shape index (κ3) is 3.01. The SMILES string of the molecule is Cc1sc(Br)cc1C(=O)Cc1ccc(F)cc1. The van der Waals surface area contributed by atoms with Crippen molar-refractivity contribution < 1.29 is 9.18 Å². The van der Waals surface area contributed by atoms with Gasteiger partial charge in [-0.1, -0.05) is 12.1 Å². The molecule has 0 atom stereocenters. The minimum absolute atomic E-state index is 0.0658. The predicted molar refractivity (Wildman–Crippen MR) is 71.2 cm³/mol. The van der Waals surface area contributed by atoms with Crippen molar-refractivity contribution in [1.29, 1.82) is 0 Å². The summed E-state index contributed by atoms with van der Waals surface area (Å²) in [4.78, 5) is 13.0. The minimum Gasteiger partial charge on any atom is -0.294 e. The van der Waals surface area contributed by atoms with Crippen LogP contribution < -0.4 is 0 Å². The maximum Gasteiger partial charge on any atom is 0.168 e. The summed E-state index contributed by atoms with van der Waals surface area (Å²) in [6, 6.07) is 7.87. The Morgan fingerprint density at radius 1 is 1.35 bits per heavy atom. The van der Waals surface area contributed by atoms with Gasteiger partial charge in [-0.25, -0.2) is 4.39 Å². The van der Waals surface area contributed by atoms with Gasteiger partial charge in [0, 0.05) is 16.9 Å². The maximum atomic E-state index is 12.7. The van der Waals surface area contributed by atoms with E-state index in [1.165, 1.54) is 12.1 Å². The number of ketones is 1. The molecule has 0 unspecified atom stereocenters. The monoisotopic (exact) mass is 312 g/mol. The van der Waals surface area contributed by atoms with Crippen LogP contribution in [0.2, 0.25) is 0 Å². The van der Waals surface area contributed by atoms with Gasteiger partial charge in [-0.05, 0) is 46.6 Å². The molecule has 0 aliphatic heterocycles. The van der Waals surface area contributed by atoms with E-state index in [4.69, 9.17) is 0 Å². The summed E-state index contributed by atoms with van der Waals surface area (Å²) < 4.78 is 13.7. The Hall–Kier alpha value is -1.00. The molecule has 88 valence electrons. The van der Waals surface area contributed by atoms with Crippen molar-refractivity contribution in [2.75, 3.05) is 0 Å². The van der Waals surface area contributed by atoms with Crippen LogP contribution in [-0.2, 0) is 6.42 Å². The molecule has 1 nitrogen and oxygen atoms in total. The Morgan fingerprint density at radius 2 is 2.00 bits per heavy atom. The van der Waals surface area contributed by atoms with E-state index in [1.807, 2.05) is 13.0 Å². The zero-order valence-corrected chi connectivity index (χ0v) is 11.6. The molecule has 1 aromatic heterocycles. The van der Waals surface area contributed by atoms with Crippen molar-refractivity contribution in [3.8, 4) is 0 Å². The summed E-state index contributed by atoms with van der Waals surface area (Å²) in [6.07, 6.45) is 0.310. The fourth-order valence-corrected chi connectivity index (χ4v) is 3.31. The third-order valence-corrected chi connectivity index (χ3v) is 4.02. The number of carbonyl (C=O) groups is 1. The normalized spacial score (nSPS) is 10.5. The molecule has 0 saturated heterocycles. The van der Waals surface area contributed by atoms with E-state index in [0.717, 1.165) is 19.8 Å². The molecule has 0 spiro atoms. The number of carbonyl (C=O) groups excluding carboxylic acids is 1. The molecule has 0 amide bonds. The lowest BCUT2D eigenvalue weighted by Crippen LogP contribution is -2.03. The lowest BCUT2D eigenvalue weighted by molar-refractivity contribution is 0.0993. The van der Waals surface area contributed by atoms with E-state index in [1.54, 1.807) is 23.5 Å². The number of halogens is 2. The number of hydrogen-bond donors (Lipinski definition) is 0. The number of rotatable bonds is 3. The van der Waals surface area contributed by atoms with Crippen LogP contribution >= 0.6 is 27.3 Å². The van der Waals surface area contributed by atoms with Gasteiger partial charge in [0.15, 0.2) is 5.78 Å². The Labute approximate surface area is 111 Å². The average Bonchev–Trinajstić information content (AvgIpc) is 2.61. The average molecular weight is 313 g/mol. The number of aryl methyl sites for hydroxylation is 1. The molecular weight excluding hydrogens is 303 g/mol. The highest BCUT2D eigenvalue weighted by Crippen LogP contribution is 2.27. The second kappa shape index (κ2) is 5.10. The van der Waals surface area contributed by atoms with E-state index < -0.39 is 0 Å². The van der Waals surface area contributed by atoms with E-state index in [2.05, 4.69) is 15.9 Å². The number of benzene rings is 1. The molecule has 4 heteroatoms. The summed E-state index contributed by atoms with van der Waals surface area (Å²) in [5, 5.41) is 0. The zero-order valence-electron chi connectivity index (χ0n) is 9.17. The molecule has 0 N–H and O–H groups in total. The first-order valence-corrected chi connectivity index (χ1v) is 6.71. The zero-order chi connectivity index (χ0) is 12.4. The molecular formula is C13H10BrFOS. The van der Waals surface area contributed by atoms with Gasteiger partial charge in [-0.3, -0.25) is 4.79 Å². The van der Waals surface area contributed by atoms with Crippen LogP contribution in [0, 0.1) is 12.7 Å². The van der Waals surface area contributed by atoms with Crippen LogP contribution in [0.1, 0.15) is 20.8 Å². The van der Waals surface area contributed by atoms with Gasteiger partial charge in [0.05, 0.1) is 3.79 Å². The highest BCUT2D eigenvalue weighted by Gasteiger charge is 2.12. The summed E-state index contributed by atoms with van der Waals surface area (Å²) in [6.45, 7) is 1.92. The van der Waals surface area contributed by atoms with Crippen LogP contribution in [-0.4, -0.2) is 5.78 Å². The smallest absolute Gasteiger partial charge is 0.168 e. The molecule has 0 fully saturated rings. The lowest BCUT2D eigenvalue weighted by Gasteiger charge is -2.00. The first kappa shape index (κ1) is 12.5. The molecule has 2 rings (SSSR count). The number of hydrogen-bond acceptors (Lipinski definition) is 2. The Balaban J connectivity index is 2.17. The second-order valence-electron chi connectivity index (χ2n) is 3.75. The minimum atomic E-state index is -0.282. The molecule has 0 aliphatic rings. The van der Waals surface area contributed by atoms with E-state index >= 15 is 0 Å². The Morgan fingerprint density at radius 3 is 2.53 bits per heavy atom. The highest BCUT2D eigenvalue weighted by molar-refractivity contribution is 9.11. The number of thiophene rings is 1. The van der Waals surface area contributed by atoms with Crippen LogP contribution in [0.5, 0.6) is 0 Å². The van der Waals surface area contributed by atoms with Crippen LogP contribution in [0.25, 0.3) is 0 Å². The quantitative estimate of drug-likeness (QED) is 0.768. The van der Waals surface area contributed by atoms with Gasteiger partial charge in [0.1, 0.15) is 5.82 Å². The van der Waals surface area contributed by atoms with Crippen molar-refractivity contribution >= 4 is 33.0 Å². The van der Waals surface area contributed by atoms with E-state index in [0.29, 0.717) is 6.42 Å². The van der Waals surface area contributed by atoms with Gasteiger partial charge in [0.25, 0.3) is 0 Å². The highest BCUT2D eigenvalue weighted by atomic mass is 79.9. The fourth-order valence-electron chi connectivity index (χ4n) is 1.61. The van der Waals surface area contributed by atoms with Crippen molar-refractivity contribution in [3.63, 3.8) is 0 Å².